The van der Waals surface area contributed by atoms with Crippen molar-refractivity contribution in [2.75, 3.05) is 0 Å². The van der Waals surface area contributed by atoms with Crippen LogP contribution >= 0.6 is 0 Å². The molecule has 0 saturated carbocycles. The van der Waals surface area contributed by atoms with E-state index < -0.39 is 5.41 Å². The van der Waals surface area contributed by atoms with Gasteiger partial charge in [-0.3, -0.25) is 14.5 Å². The molecule has 0 aliphatic heterocycles. The molecule has 0 unspecified atom stereocenters. The van der Waals surface area contributed by atoms with Crippen LogP contribution in [-0.4, -0.2) is 19.6 Å². The zero-order chi connectivity index (χ0) is 31.3. The van der Waals surface area contributed by atoms with Gasteiger partial charge >= 0.3 is 0 Å². The summed E-state index contributed by atoms with van der Waals surface area (Å²) in [6, 6.07) is 42.9. The summed E-state index contributed by atoms with van der Waals surface area (Å²) in [5.41, 5.74) is 9.31. The molecule has 0 spiro atoms. The van der Waals surface area contributed by atoms with E-state index in [-0.39, 0.29) is 32.2 Å². The summed E-state index contributed by atoms with van der Waals surface area (Å²) in [7, 11) is 0. The van der Waals surface area contributed by atoms with Crippen LogP contribution in [0.5, 0.6) is 5.75 Å². The van der Waals surface area contributed by atoms with E-state index in [0.717, 1.165) is 50.0 Å². The van der Waals surface area contributed by atoms with Crippen molar-refractivity contribution < 1.29 is 26.2 Å². The Labute approximate surface area is 285 Å². The molecular formula is C41H36N3OPt-. The van der Waals surface area contributed by atoms with Gasteiger partial charge in [0, 0.05) is 49.1 Å². The van der Waals surface area contributed by atoms with Gasteiger partial charge in [-0.15, -0.1) is 34.9 Å². The number of aromatic nitrogens is 3. The van der Waals surface area contributed by atoms with Crippen molar-refractivity contribution >= 4 is 21.9 Å². The minimum atomic E-state index is -0.421. The fraction of sp³-hybridized carbons (Fsp3) is 0.171. The quantitative estimate of drug-likeness (QED) is 0.177. The van der Waals surface area contributed by atoms with E-state index >= 15 is 0 Å². The van der Waals surface area contributed by atoms with Crippen molar-refractivity contribution in [2.45, 2.75) is 45.4 Å². The first kappa shape index (κ1) is 31.5. The number of nitrogens with zero attached hydrogens (tertiary/aromatic N) is 3. The second-order valence-corrected chi connectivity index (χ2v) is 13.3. The van der Waals surface area contributed by atoms with Crippen molar-refractivity contribution in [3.8, 4) is 33.8 Å². The van der Waals surface area contributed by atoms with Gasteiger partial charge in [0.25, 0.3) is 0 Å². The molecule has 4 nitrogen and oxygen atoms in total. The summed E-state index contributed by atoms with van der Waals surface area (Å²) in [6.45, 7) is 11.2. The standard InChI is InChI=1S/C41H36N3O.Pt/c1-40(2,3)30-23-29(24-31(26-30)41(4,5)38-25-28(21-22-42-38)27-13-7-6-8-14-27)34-20-19-33-32-15-9-10-16-35(32)44(39(33)43-34)36-17-11-12-18-37(36)45;/h6-23,25-26,45H,1-5H3;/q-1;. The first-order chi connectivity index (χ1) is 21.6. The summed E-state index contributed by atoms with van der Waals surface area (Å²) in [6.07, 6.45) is 1.90. The van der Waals surface area contributed by atoms with Crippen molar-refractivity contribution in [3.05, 3.63) is 144 Å². The monoisotopic (exact) mass is 781 g/mol. The molecule has 0 aliphatic carbocycles. The van der Waals surface area contributed by atoms with Gasteiger partial charge in [-0.1, -0.05) is 107 Å². The molecule has 3 aromatic heterocycles. The van der Waals surface area contributed by atoms with Crippen LogP contribution in [0, 0.1) is 6.07 Å². The maximum absolute atomic E-state index is 10.9. The molecular weight excluding hydrogens is 746 g/mol. The maximum atomic E-state index is 10.9. The molecule has 0 aliphatic rings. The Kier molecular flexibility index (Phi) is 8.21. The minimum absolute atomic E-state index is 0. The molecule has 232 valence electrons. The number of phenols is 1. The van der Waals surface area contributed by atoms with Crippen LogP contribution in [0.3, 0.4) is 0 Å². The van der Waals surface area contributed by atoms with Crippen LogP contribution in [0.4, 0.5) is 0 Å². The first-order valence-electron chi connectivity index (χ1n) is 15.4. The molecule has 5 heteroatoms. The third-order valence-corrected chi connectivity index (χ3v) is 8.84. The zero-order valence-electron chi connectivity index (χ0n) is 26.7. The van der Waals surface area contributed by atoms with E-state index in [9.17, 15) is 5.11 Å². The van der Waals surface area contributed by atoms with Gasteiger partial charge in [0.1, 0.15) is 11.4 Å². The van der Waals surface area contributed by atoms with E-state index in [1.54, 1.807) is 6.07 Å². The normalized spacial score (nSPS) is 11.9. The molecule has 4 aromatic carbocycles. The van der Waals surface area contributed by atoms with Crippen LogP contribution in [0.15, 0.2) is 121 Å². The SMILES string of the molecule is CC(C)(C)c1cc(-c2ccc3c4ccccc4n(-c4ccccc4O)c3n2)[c-]c(C(C)(C)c2cc(-c3ccccc3)ccn2)c1.[Pt]. The Morgan fingerprint density at radius 1 is 0.696 bits per heavy atom. The van der Waals surface area contributed by atoms with Crippen LogP contribution < -0.4 is 0 Å². The van der Waals surface area contributed by atoms with Crippen LogP contribution in [-0.2, 0) is 31.9 Å². The van der Waals surface area contributed by atoms with Gasteiger partial charge in [-0.25, -0.2) is 0 Å². The Morgan fingerprint density at radius 2 is 1.41 bits per heavy atom. The molecule has 0 fully saturated rings. The fourth-order valence-corrected chi connectivity index (χ4v) is 6.08. The third kappa shape index (κ3) is 5.56. The molecule has 0 radical (unpaired) electrons. The number of fused-ring (bicyclic) bond motifs is 3. The van der Waals surface area contributed by atoms with E-state index in [1.807, 2.05) is 42.6 Å². The second-order valence-electron chi connectivity index (χ2n) is 13.3. The summed E-state index contributed by atoms with van der Waals surface area (Å²) < 4.78 is 2.06. The Balaban J connectivity index is 0.00000372. The molecule has 1 N–H and O–H groups in total. The predicted octanol–water partition coefficient (Wildman–Crippen LogP) is 10.0. The topological polar surface area (TPSA) is 50.9 Å². The van der Waals surface area contributed by atoms with Gasteiger partial charge in [0.15, 0.2) is 0 Å². The Bertz CT molecular complexity index is 2190. The van der Waals surface area contributed by atoms with Gasteiger partial charge in [-0.2, -0.15) is 0 Å². The van der Waals surface area contributed by atoms with Crippen LogP contribution in [0.25, 0.3) is 50.0 Å². The zero-order valence-corrected chi connectivity index (χ0v) is 28.9. The van der Waals surface area contributed by atoms with Crippen molar-refractivity contribution in [3.63, 3.8) is 0 Å². The average Bonchev–Trinajstić information content (AvgIpc) is 3.38. The molecule has 3 heterocycles. The Hall–Kier alpha value is -4.53. The minimum Gasteiger partial charge on any atom is -0.506 e. The molecule has 0 atom stereocenters. The number of hydrogen-bond donors (Lipinski definition) is 1. The van der Waals surface area contributed by atoms with Gasteiger partial charge in [-0.05, 0) is 52.6 Å². The number of hydrogen-bond acceptors (Lipinski definition) is 3. The van der Waals surface area contributed by atoms with E-state index in [0.29, 0.717) is 5.69 Å². The number of phenolic OH excluding ortho intramolecular Hbond substituents is 1. The molecule has 7 aromatic rings. The number of para-hydroxylation sites is 3. The maximum Gasteiger partial charge on any atom is 0.139 e. The number of rotatable bonds is 5. The summed E-state index contributed by atoms with van der Waals surface area (Å²) >= 11 is 0. The smallest absolute Gasteiger partial charge is 0.139 e. The number of pyridine rings is 2. The van der Waals surface area contributed by atoms with E-state index in [4.69, 9.17) is 9.97 Å². The predicted molar refractivity (Wildman–Crippen MR) is 185 cm³/mol. The molecule has 7 rings (SSSR count). The van der Waals surface area contributed by atoms with Crippen LogP contribution in [0.1, 0.15) is 51.4 Å². The largest absolute Gasteiger partial charge is 0.506 e. The van der Waals surface area contributed by atoms with Crippen molar-refractivity contribution in [2.24, 2.45) is 0 Å². The van der Waals surface area contributed by atoms with Crippen molar-refractivity contribution in [1.29, 1.82) is 0 Å². The van der Waals surface area contributed by atoms with Gasteiger partial charge < -0.3 is 5.11 Å². The van der Waals surface area contributed by atoms with E-state index in [2.05, 4.69) is 118 Å². The second kappa shape index (κ2) is 12.0. The average molecular weight is 782 g/mol. The first-order valence-corrected chi connectivity index (χ1v) is 15.4. The van der Waals surface area contributed by atoms with Crippen LogP contribution in [0.2, 0.25) is 0 Å². The summed E-state index contributed by atoms with van der Waals surface area (Å²) in [5.74, 6) is 0.211. The molecule has 0 bridgehead atoms. The summed E-state index contributed by atoms with van der Waals surface area (Å²) in [5, 5.41) is 13.0. The molecule has 0 amide bonds. The van der Waals surface area contributed by atoms with Gasteiger partial charge in [0.2, 0.25) is 0 Å². The summed E-state index contributed by atoms with van der Waals surface area (Å²) in [4.78, 5) is 10.1. The fourth-order valence-electron chi connectivity index (χ4n) is 6.08. The number of aromatic hydroxyl groups is 1. The molecule has 0 saturated heterocycles. The number of benzene rings is 4. The third-order valence-electron chi connectivity index (χ3n) is 8.84. The van der Waals surface area contributed by atoms with Gasteiger partial charge in [0.05, 0.1) is 11.2 Å². The van der Waals surface area contributed by atoms with Crippen molar-refractivity contribution in [1.82, 2.24) is 14.5 Å². The Morgan fingerprint density at radius 3 is 2.17 bits per heavy atom. The van der Waals surface area contributed by atoms with E-state index in [1.165, 1.54) is 11.1 Å². The molecule has 46 heavy (non-hydrogen) atoms.